The Balaban J connectivity index is 2.19. The molecule has 0 bridgehead atoms. The molecule has 2 aliphatic rings. The SMILES string of the molecule is CC1=CC2CCC2N=C1. The molecule has 0 N–H and O–H groups in total. The molecule has 0 amide bonds. The van der Waals surface area contributed by atoms with E-state index in [1.54, 1.807) is 0 Å². The number of aliphatic imine (C=N–C) groups is 1. The Morgan fingerprint density at radius 3 is 2.89 bits per heavy atom. The third kappa shape index (κ3) is 0.716. The second-order valence-corrected chi connectivity index (χ2v) is 3.00. The quantitative estimate of drug-likeness (QED) is 0.463. The largest absolute Gasteiger partial charge is 0.289 e. The zero-order chi connectivity index (χ0) is 6.27. The van der Waals surface area contributed by atoms with Crippen LogP contribution in [0.5, 0.6) is 0 Å². The maximum absolute atomic E-state index is 4.39. The molecule has 2 atom stereocenters. The Labute approximate surface area is 55.5 Å². The highest BCUT2D eigenvalue weighted by Crippen LogP contribution is 2.34. The summed E-state index contributed by atoms with van der Waals surface area (Å²) in [5.74, 6) is 0.801. The summed E-state index contributed by atoms with van der Waals surface area (Å²) in [5, 5.41) is 0. The molecule has 0 aromatic carbocycles. The monoisotopic (exact) mass is 121 g/mol. The standard InChI is InChI=1S/C8H11N/c1-6-4-7-2-3-8(7)9-5-6/h4-5,7-8H,2-3H2,1H3. The average Bonchev–Trinajstić information content (AvgIpc) is 1.78. The average molecular weight is 121 g/mol. The van der Waals surface area contributed by atoms with Crippen LogP contribution in [0.2, 0.25) is 0 Å². The minimum Gasteiger partial charge on any atom is -0.289 e. The van der Waals surface area contributed by atoms with Crippen LogP contribution < -0.4 is 0 Å². The molecule has 0 radical (unpaired) electrons. The lowest BCUT2D eigenvalue weighted by Gasteiger charge is -2.33. The van der Waals surface area contributed by atoms with E-state index in [4.69, 9.17) is 0 Å². The van der Waals surface area contributed by atoms with Crippen LogP contribution in [0.4, 0.5) is 0 Å². The maximum atomic E-state index is 4.39. The summed E-state index contributed by atoms with van der Waals surface area (Å²) in [5.41, 5.74) is 1.34. The molecule has 48 valence electrons. The Morgan fingerprint density at radius 2 is 2.44 bits per heavy atom. The minimum atomic E-state index is 0.661. The van der Waals surface area contributed by atoms with Gasteiger partial charge in [0.2, 0.25) is 0 Å². The van der Waals surface area contributed by atoms with Crippen LogP contribution in [0.3, 0.4) is 0 Å². The second-order valence-electron chi connectivity index (χ2n) is 3.00. The van der Waals surface area contributed by atoms with E-state index >= 15 is 0 Å². The first-order chi connectivity index (χ1) is 4.36. The molecule has 1 heterocycles. The summed E-state index contributed by atoms with van der Waals surface area (Å²) in [6.45, 7) is 2.12. The molecule has 0 aromatic heterocycles. The summed E-state index contributed by atoms with van der Waals surface area (Å²) >= 11 is 0. The van der Waals surface area contributed by atoms with Crippen molar-refractivity contribution in [1.29, 1.82) is 0 Å². The van der Waals surface area contributed by atoms with Gasteiger partial charge in [-0.3, -0.25) is 4.99 Å². The van der Waals surface area contributed by atoms with Gasteiger partial charge < -0.3 is 0 Å². The summed E-state index contributed by atoms with van der Waals surface area (Å²) in [7, 11) is 0. The van der Waals surface area contributed by atoms with Crippen LogP contribution in [0.1, 0.15) is 19.8 Å². The number of allylic oxidation sites excluding steroid dienone is 1. The van der Waals surface area contributed by atoms with Crippen molar-refractivity contribution in [3.63, 3.8) is 0 Å². The fourth-order valence-corrected chi connectivity index (χ4v) is 1.48. The number of dihydropyridines is 1. The van der Waals surface area contributed by atoms with Crippen molar-refractivity contribution in [3.8, 4) is 0 Å². The third-order valence-electron chi connectivity index (χ3n) is 2.24. The summed E-state index contributed by atoms with van der Waals surface area (Å²) < 4.78 is 0. The fourth-order valence-electron chi connectivity index (χ4n) is 1.48. The van der Waals surface area contributed by atoms with Crippen molar-refractivity contribution in [2.45, 2.75) is 25.8 Å². The first-order valence-electron chi connectivity index (χ1n) is 3.58. The van der Waals surface area contributed by atoms with Crippen molar-refractivity contribution >= 4 is 6.21 Å². The highest BCUT2D eigenvalue weighted by atomic mass is 14.8. The first kappa shape index (κ1) is 5.21. The molecule has 1 aliphatic heterocycles. The minimum absolute atomic E-state index is 0.661. The molecule has 1 fully saturated rings. The van der Waals surface area contributed by atoms with E-state index in [0.29, 0.717) is 6.04 Å². The van der Waals surface area contributed by atoms with E-state index in [-0.39, 0.29) is 0 Å². The molecule has 1 saturated carbocycles. The zero-order valence-corrected chi connectivity index (χ0v) is 5.67. The highest BCUT2D eigenvalue weighted by molar-refractivity contribution is 5.79. The molecule has 2 rings (SSSR count). The van der Waals surface area contributed by atoms with E-state index in [0.717, 1.165) is 5.92 Å². The van der Waals surface area contributed by atoms with Gasteiger partial charge >= 0.3 is 0 Å². The van der Waals surface area contributed by atoms with Crippen molar-refractivity contribution in [1.82, 2.24) is 0 Å². The molecule has 2 unspecified atom stereocenters. The van der Waals surface area contributed by atoms with Gasteiger partial charge in [-0.05, 0) is 31.3 Å². The normalized spacial score (nSPS) is 39.0. The molecule has 0 spiro atoms. The van der Waals surface area contributed by atoms with Crippen molar-refractivity contribution < 1.29 is 0 Å². The number of nitrogens with zero attached hydrogens (tertiary/aromatic N) is 1. The number of rotatable bonds is 0. The molecule has 0 aromatic rings. The molecule has 1 heteroatoms. The number of fused-ring (bicyclic) bond motifs is 1. The Bertz CT molecular complexity index is 179. The smallest absolute Gasteiger partial charge is 0.0562 e. The Hall–Kier alpha value is -0.590. The molecular formula is C8H11N. The topological polar surface area (TPSA) is 12.4 Å². The number of hydrogen-bond acceptors (Lipinski definition) is 1. The van der Waals surface area contributed by atoms with Gasteiger partial charge in [-0.25, -0.2) is 0 Å². The molecule has 0 saturated heterocycles. The van der Waals surface area contributed by atoms with E-state index in [9.17, 15) is 0 Å². The van der Waals surface area contributed by atoms with Gasteiger partial charge in [0.1, 0.15) is 0 Å². The first-order valence-corrected chi connectivity index (χ1v) is 3.58. The van der Waals surface area contributed by atoms with Crippen LogP contribution in [-0.4, -0.2) is 12.3 Å². The van der Waals surface area contributed by atoms with Crippen molar-refractivity contribution in [2.75, 3.05) is 0 Å². The van der Waals surface area contributed by atoms with E-state index in [1.807, 2.05) is 6.21 Å². The van der Waals surface area contributed by atoms with Crippen LogP contribution in [0.25, 0.3) is 0 Å². The van der Waals surface area contributed by atoms with Gasteiger partial charge in [0.05, 0.1) is 6.04 Å². The lowest BCUT2D eigenvalue weighted by atomic mass is 9.78. The van der Waals surface area contributed by atoms with Crippen molar-refractivity contribution in [3.05, 3.63) is 11.6 Å². The Morgan fingerprint density at radius 1 is 1.56 bits per heavy atom. The van der Waals surface area contributed by atoms with Gasteiger partial charge in [0.25, 0.3) is 0 Å². The number of hydrogen-bond donors (Lipinski definition) is 0. The van der Waals surface area contributed by atoms with Crippen LogP contribution >= 0.6 is 0 Å². The van der Waals surface area contributed by atoms with Gasteiger partial charge in [-0.15, -0.1) is 0 Å². The lowest BCUT2D eigenvalue weighted by Crippen LogP contribution is -2.30. The summed E-state index contributed by atoms with van der Waals surface area (Å²) in [6, 6.07) is 0.661. The van der Waals surface area contributed by atoms with Crippen molar-refractivity contribution in [2.24, 2.45) is 10.9 Å². The molecular weight excluding hydrogens is 110 g/mol. The van der Waals surface area contributed by atoms with E-state index in [2.05, 4.69) is 18.0 Å². The van der Waals surface area contributed by atoms with E-state index in [1.165, 1.54) is 18.4 Å². The predicted molar refractivity (Wildman–Crippen MR) is 38.8 cm³/mol. The maximum Gasteiger partial charge on any atom is 0.0562 e. The summed E-state index contributed by atoms with van der Waals surface area (Å²) in [4.78, 5) is 4.39. The van der Waals surface area contributed by atoms with Gasteiger partial charge in [0.15, 0.2) is 0 Å². The van der Waals surface area contributed by atoms with Crippen LogP contribution in [-0.2, 0) is 0 Å². The highest BCUT2D eigenvalue weighted by Gasteiger charge is 2.29. The molecule has 9 heavy (non-hydrogen) atoms. The molecule has 1 nitrogen and oxygen atoms in total. The van der Waals surface area contributed by atoms with Crippen LogP contribution in [0.15, 0.2) is 16.6 Å². The lowest BCUT2D eigenvalue weighted by molar-refractivity contribution is 0.316. The molecule has 1 aliphatic carbocycles. The van der Waals surface area contributed by atoms with Gasteiger partial charge in [-0.2, -0.15) is 0 Å². The fraction of sp³-hybridized carbons (Fsp3) is 0.625. The van der Waals surface area contributed by atoms with Crippen LogP contribution in [0, 0.1) is 5.92 Å². The second kappa shape index (κ2) is 1.69. The predicted octanol–water partition coefficient (Wildman–Crippen LogP) is 1.80. The Kier molecular flexibility index (Phi) is 0.981. The van der Waals surface area contributed by atoms with E-state index < -0.39 is 0 Å². The third-order valence-corrected chi connectivity index (χ3v) is 2.24. The summed E-state index contributed by atoms with van der Waals surface area (Å²) in [6.07, 6.45) is 7.02. The van der Waals surface area contributed by atoms with Gasteiger partial charge in [-0.1, -0.05) is 6.08 Å². The van der Waals surface area contributed by atoms with Gasteiger partial charge in [0, 0.05) is 6.21 Å². The zero-order valence-electron chi connectivity index (χ0n) is 5.67.